The first kappa shape index (κ1) is 22.2. The molecule has 1 aromatic heterocycles. The molecular formula is C23H25F2N3OS. The fraction of sp³-hybridized carbons (Fsp3) is 0.435. The monoisotopic (exact) mass is 429 g/mol. The zero-order valence-electron chi connectivity index (χ0n) is 17.4. The molecule has 0 saturated carbocycles. The highest BCUT2D eigenvalue weighted by Gasteiger charge is 2.32. The van der Waals surface area contributed by atoms with Gasteiger partial charge in [0.1, 0.15) is 22.7 Å². The number of carbonyl (C=O) groups is 1. The van der Waals surface area contributed by atoms with E-state index in [9.17, 15) is 18.8 Å². The van der Waals surface area contributed by atoms with E-state index in [4.69, 9.17) is 0 Å². The molecule has 0 bridgehead atoms. The normalized spacial score (nSPS) is 15.9. The molecule has 0 saturated heterocycles. The maximum atomic E-state index is 13.7. The number of fused-ring (bicyclic) bond motifs is 1. The summed E-state index contributed by atoms with van der Waals surface area (Å²) in [6.07, 6.45) is 3.92. The highest BCUT2D eigenvalue weighted by Crippen LogP contribution is 2.40. The number of nitriles is 1. The van der Waals surface area contributed by atoms with Gasteiger partial charge in [-0.25, -0.2) is 13.8 Å². The maximum absolute atomic E-state index is 13.7. The number of pyridine rings is 1. The van der Waals surface area contributed by atoms with Gasteiger partial charge >= 0.3 is 0 Å². The number of hydrogen-bond acceptors (Lipinski definition) is 4. The van der Waals surface area contributed by atoms with Crippen molar-refractivity contribution in [1.82, 2.24) is 4.98 Å². The average molecular weight is 430 g/mol. The summed E-state index contributed by atoms with van der Waals surface area (Å²) >= 11 is 1.15. The Morgan fingerprint density at radius 2 is 2.13 bits per heavy atom. The van der Waals surface area contributed by atoms with Crippen LogP contribution in [0.25, 0.3) is 0 Å². The number of aromatic nitrogens is 1. The molecule has 1 aliphatic carbocycles. The number of halogens is 2. The minimum atomic E-state index is -0.831. The van der Waals surface area contributed by atoms with E-state index < -0.39 is 17.5 Å². The molecule has 3 rings (SSSR count). The molecule has 0 aliphatic heterocycles. The Morgan fingerprint density at radius 1 is 1.37 bits per heavy atom. The van der Waals surface area contributed by atoms with E-state index in [1.807, 2.05) is 6.07 Å². The van der Waals surface area contributed by atoms with Crippen molar-refractivity contribution in [1.29, 1.82) is 5.26 Å². The van der Waals surface area contributed by atoms with E-state index in [-0.39, 0.29) is 16.9 Å². The van der Waals surface area contributed by atoms with Gasteiger partial charge in [-0.1, -0.05) is 39.0 Å². The molecule has 1 aliphatic rings. The number of rotatable bonds is 6. The quantitative estimate of drug-likeness (QED) is 0.616. The summed E-state index contributed by atoms with van der Waals surface area (Å²) in [6.45, 7) is 6.78. The minimum Gasteiger partial charge on any atom is -0.323 e. The predicted molar refractivity (Wildman–Crippen MR) is 114 cm³/mol. The number of benzene rings is 1. The van der Waals surface area contributed by atoms with Gasteiger partial charge in [-0.2, -0.15) is 5.26 Å². The Kier molecular flexibility index (Phi) is 6.77. The number of amides is 1. The largest absolute Gasteiger partial charge is 0.323 e. The summed E-state index contributed by atoms with van der Waals surface area (Å²) in [6, 6.07) is 7.07. The standard InChI is InChI=1S/C23H25F2N3OS/c1-4-23(2,3)16-5-7-19-14(10-16)9-15(12-26)22(28-19)30-13-21(29)27-20-8-6-17(24)11-18(20)25/h6,8-9,11,16H,4-5,7,10,13H2,1-3H3,(H,27,29). The zero-order chi connectivity index (χ0) is 21.9. The van der Waals surface area contributed by atoms with Crippen molar-refractivity contribution in [3.05, 3.63) is 52.7 Å². The van der Waals surface area contributed by atoms with Gasteiger partial charge in [0, 0.05) is 11.8 Å². The predicted octanol–water partition coefficient (Wildman–Crippen LogP) is 5.50. The number of nitrogens with zero attached hydrogens (tertiary/aromatic N) is 2. The average Bonchev–Trinajstić information content (AvgIpc) is 2.73. The Labute approximate surface area is 180 Å². The Hall–Kier alpha value is -2.46. The van der Waals surface area contributed by atoms with Crippen LogP contribution < -0.4 is 5.32 Å². The SMILES string of the molecule is CCC(C)(C)C1CCc2nc(SCC(=O)Nc3ccc(F)cc3F)c(C#N)cc2C1. The van der Waals surface area contributed by atoms with Crippen molar-refractivity contribution in [2.24, 2.45) is 11.3 Å². The highest BCUT2D eigenvalue weighted by molar-refractivity contribution is 8.00. The third kappa shape index (κ3) is 4.99. The van der Waals surface area contributed by atoms with E-state index >= 15 is 0 Å². The molecule has 1 unspecified atom stereocenters. The maximum Gasteiger partial charge on any atom is 0.234 e. The number of thioether (sulfide) groups is 1. The molecule has 0 spiro atoms. The molecule has 4 nitrogen and oxygen atoms in total. The van der Waals surface area contributed by atoms with Crippen LogP contribution in [0.15, 0.2) is 29.3 Å². The van der Waals surface area contributed by atoms with Crippen LogP contribution >= 0.6 is 11.8 Å². The molecule has 158 valence electrons. The lowest BCUT2D eigenvalue weighted by atomic mass is 9.69. The van der Waals surface area contributed by atoms with Crippen LogP contribution in [0.4, 0.5) is 14.5 Å². The van der Waals surface area contributed by atoms with Crippen LogP contribution in [0.1, 0.15) is 50.4 Å². The second kappa shape index (κ2) is 9.13. The summed E-state index contributed by atoms with van der Waals surface area (Å²) in [7, 11) is 0. The zero-order valence-corrected chi connectivity index (χ0v) is 18.2. The topological polar surface area (TPSA) is 65.8 Å². The Bertz CT molecular complexity index is 1000. The molecule has 0 fully saturated rings. The number of hydrogen-bond donors (Lipinski definition) is 1. The lowest BCUT2D eigenvalue weighted by molar-refractivity contribution is -0.113. The summed E-state index contributed by atoms with van der Waals surface area (Å²) in [4.78, 5) is 16.9. The molecule has 30 heavy (non-hydrogen) atoms. The fourth-order valence-electron chi connectivity index (χ4n) is 3.70. The molecule has 1 N–H and O–H groups in total. The molecular weight excluding hydrogens is 404 g/mol. The van der Waals surface area contributed by atoms with Gasteiger partial charge in [-0.05, 0) is 54.4 Å². The van der Waals surface area contributed by atoms with Crippen molar-refractivity contribution in [2.75, 3.05) is 11.1 Å². The molecule has 2 aromatic rings. The number of carbonyl (C=O) groups excluding carboxylic acids is 1. The van der Waals surface area contributed by atoms with Gasteiger partial charge in [0.25, 0.3) is 0 Å². The van der Waals surface area contributed by atoms with Gasteiger partial charge in [0.05, 0.1) is 17.0 Å². The van der Waals surface area contributed by atoms with Crippen molar-refractivity contribution >= 4 is 23.4 Å². The lowest BCUT2D eigenvalue weighted by Gasteiger charge is -2.37. The van der Waals surface area contributed by atoms with Crippen molar-refractivity contribution in [2.45, 2.75) is 51.5 Å². The fourth-order valence-corrected chi connectivity index (χ4v) is 4.48. The molecule has 7 heteroatoms. The second-order valence-electron chi connectivity index (χ2n) is 8.30. The van der Waals surface area contributed by atoms with Crippen LogP contribution in [0.5, 0.6) is 0 Å². The second-order valence-corrected chi connectivity index (χ2v) is 9.27. The number of nitrogens with one attached hydrogen (secondary N) is 1. The minimum absolute atomic E-state index is 0.0250. The smallest absolute Gasteiger partial charge is 0.234 e. The van der Waals surface area contributed by atoms with Gasteiger partial charge in [-0.3, -0.25) is 4.79 Å². The van der Waals surface area contributed by atoms with Crippen molar-refractivity contribution < 1.29 is 13.6 Å². The van der Waals surface area contributed by atoms with Gasteiger partial charge in [0.15, 0.2) is 0 Å². The third-order valence-corrected chi connectivity index (χ3v) is 7.03. The first-order valence-corrected chi connectivity index (χ1v) is 11.0. The van der Waals surface area contributed by atoms with Gasteiger partial charge < -0.3 is 5.32 Å². The summed E-state index contributed by atoms with van der Waals surface area (Å²) in [5, 5.41) is 12.5. The number of aryl methyl sites for hydroxylation is 1. The van der Waals surface area contributed by atoms with Gasteiger partial charge in [0.2, 0.25) is 5.91 Å². The summed E-state index contributed by atoms with van der Waals surface area (Å²) < 4.78 is 26.7. The number of anilines is 1. The Balaban J connectivity index is 1.70. The van der Waals surface area contributed by atoms with Gasteiger partial charge in [-0.15, -0.1) is 0 Å². The lowest BCUT2D eigenvalue weighted by Crippen LogP contribution is -2.29. The summed E-state index contributed by atoms with van der Waals surface area (Å²) in [5.41, 5.74) is 2.72. The van der Waals surface area contributed by atoms with E-state index in [0.29, 0.717) is 22.6 Å². The first-order chi connectivity index (χ1) is 14.2. The van der Waals surface area contributed by atoms with Crippen LogP contribution in [-0.2, 0) is 17.6 Å². The van der Waals surface area contributed by atoms with Crippen LogP contribution in [-0.4, -0.2) is 16.6 Å². The molecule has 1 amide bonds. The van der Waals surface area contributed by atoms with E-state index in [1.54, 1.807) is 0 Å². The van der Waals surface area contributed by atoms with E-state index in [0.717, 1.165) is 54.8 Å². The molecule has 1 heterocycles. The van der Waals surface area contributed by atoms with Crippen molar-refractivity contribution in [3.8, 4) is 6.07 Å². The first-order valence-electron chi connectivity index (χ1n) is 10.0. The van der Waals surface area contributed by atoms with Crippen molar-refractivity contribution in [3.63, 3.8) is 0 Å². The van der Waals surface area contributed by atoms with Crippen LogP contribution in [0.2, 0.25) is 0 Å². The van der Waals surface area contributed by atoms with E-state index in [2.05, 4.69) is 37.1 Å². The molecule has 1 atom stereocenters. The summed E-state index contributed by atoms with van der Waals surface area (Å²) in [5.74, 6) is -1.45. The Morgan fingerprint density at radius 3 is 2.80 bits per heavy atom. The van der Waals surface area contributed by atoms with Crippen LogP contribution in [0.3, 0.4) is 0 Å². The van der Waals surface area contributed by atoms with E-state index in [1.165, 1.54) is 6.07 Å². The molecule has 1 aromatic carbocycles. The highest BCUT2D eigenvalue weighted by atomic mass is 32.2. The molecule has 0 radical (unpaired) electrons. The van der Waals surface area contributed by atoms with Crippen LogP contribution in [0, 0.1) is 34.3 Å². The third-order valence-electron chi connectivity index (χ3n) is 6.03.